The summed E-state index contributed by atoms with van der Waals surface area (Å²) in [7, 11) is 0. The topological polar surface area (TPSA) is 88.3 Å². The third kappa shape index (κ3) is 6.80. The molecule has 5 aromatic rings. The molecule has 0 aliphatic carbocycles. The molecule has 8 heteroatoms. The van der Waals surface area contributed by atoms with Crippen LogP contribution in [-0.4, -0.2) is 57.1 Å². The first kappa shape index (κ1) is 29.5. The smallest absolute Gasteiger partial charge is 0.263 e. The summed E-state index contributed by atoms with van der Waals surface area (Å²) >= 11 is 0. The Hall–Kier alpha value is -4.59. The van der Waals surface area contributed by atoms with Gasteiger partial charge in [-0.15, -0.1) is 0 Å². The molecule has 3 aromatic heterocycles. The molecule has 6 rings (SSSR count). The zero-order valence-corrected chi connectivity index (χ0v) is 25.7. The first-order chi connectivity index (χ1) is 21.6. The highest BCUT2D eigenvalue weighted by atomic mass is 16.5. The molecular weight excluding hydrogens is 548 g/mol. The molecule has 1 amide bonds. The van der Waals surface area contributed by atoms with E-state index in [4.69, 9.17) is 14.5 Å². The molecule has 4 heterocycles. The van der Waals surface area contributed by atoms with Crippen LogP contribution in [0.15, 0.2) is 77.6 Å². The molecule has 1 aliphatic rings. The van der Waals surface area contributed by atoms with Gasteiger partial charge in [0.05, 0.1) is 0 Å². The van der Waals surface area contributed by atoms with Crippen LogP contribution in [0.3, 0.4) is 0 Å². The van der Waals surface area contributed by atoms with Gasteiger partial charge in [0.15, 0.2) is 0 Å². The van der Waals surface area contributed by atoms with Gasteiger partial charge in [0.2, 0.25) is 0 Å². The highest BCUT2D eigenvalue weighted by molar-refractivity contribution is 5.98. The van der Waals surface area contributed by atoms with Crippen molar-refractivity contribution in [3.8, 4) is 11.3 Å². The third-order valence-electron chi connectivity index (χ3n) is 8.38. The predicted molar refractivity (Wildman–Crippen MR) is 174 cm³/mol. The number of pyridine rings is 1. The molecule has 226 valence electrons. The molecule has 1 fully saturated rings. The maximum atomic E-state index is 13.5. The minimum absolute atomic E-state index is 0.0818. The van der Waals surface area contributed by atoms with Crippen LogP contribution in [0, 0.1) is 6.92 Å². The molecule has 1 saturated heterocycles. The number of carbonyl (C=O) groups excluding carboxylic acids is 1. The Kier molecular flexibility index (Phi) is 9.25. The van der Waals surface area contributed by atoms with Crippen molar-refractivity contribution in [1.29, 1.82) is 0 Å². The summed E-state index contributed by atoms with van der Waals surface area (Å²) in [5.74, 6) is 1.55. The van der Waals surface area contributed by atoms with E-state index in [2.05, 4.69) is 65.3 Å². The van der Waals surface area contributed by atoms with Crippen LogP contribution in [0.2, 0.25) is 0 Å². The minimum atomic E-state index is 0.0818. The standard InChI is InChI=1S/C36H40N6O2/c1-3-4-5-6-9-27-15-17-29(18-16-27)36(43)42-21-8-20-41(22-23-42)34-32-33(30-10-7-19-37-25-30)40-44-35(32)39-31(38-34)24-28-13-11-26(2)12-14-28/h7,10-19,25H,3-6,8-9,20-24H2,1-2H3. The average Bonchev–Trinajstić information content (AvgIpc) is 3.33. The van der Waals surface area contributed by atoms with E-state index in [0.717, 1.165) is 47.3 Å². The van der Waals surface area contributed by atoms with Crippen molar-refractivity contribution in [3.63, 3.8) is 0 Å². The van der Waals surface area contributed by atoms with Crippen LogP contribution in [-0.2, 0) is 12.8 Å². The lowest BCUT2D eigenvalue weighted by Gasteiger charge is -2.24. The van der Waals surface area contributed by atoms with E-state index < -0.39 is 0 Å². The molecule has 0 radical (unpaired) electrons. The second kappa shape index (κ2) is 13.8. The molecule has 44 heavy (non-hydrogen) atoms. The number of rotatable bonds is 10. The fourth-order valence-electron chi connectivity index (χ4n) is 5.86. The first-order valence-corrected chi connectivity index (χ1v) is 15.8. The van der Waals surface area contributed by atoms with Crippen LogP contribution in [0.25, 0.3) is 22.4 Å². The summed E-state index contributed by atoms with van der Waals surface area (Å²) < 4.78 is 5.81. The molecule has 0 spiro atoms. The normalized spacial score (nSPS) is 13.8. The van der Waals surface area contributed by atoms with Gasteiger partial charge in [0.1, 0.15) is 22.7 Å². The number of hydrogen-bond donors (Lipinski definition) is 0. The molecule has 0 bridgehead atoms. The van der Waals surface area contributed by atoms with Crippen molar-refractivity contribution in [2.45, 2.75) is 58.8 Å². The number of anilines is 1. The van der Waals surface area contributed by atoms with E-state index in [9.17, 15) is 4.79 Å². The minimum Gasteiger partial charge on any atom is -0.354 e. The number of fused-ring (bicyclic) bond motifs is 1. The summed E-state index contributed by atoms with van der Waals surface area (Å²) in [6.07, 6.45) is 11.0. The van der Waals surface area contributed by atoms with Crippen LogP contribution >= 0.6 is 0 Å². The summed E-state index contributed by atoms with van der Waals surface area (Å²) in [6.45, 7) is 7.01. The van der Waals surface area contributed by atoms with Gasteiger partial charge in [0, 0.05) is 56.1 Å². The Bertz CT molecular complexity index is 1680. The summed E-state index contributed by atoms with van der Waals surface area (Å²) in [5, 5.41) is 5.19. The van der Waals surface area contributed by atoms with Crippen LogP contribution in [0.4, 0.5) is 5.82 Å². The molecule has 1 aliphatic heterocycles. The van der Waals surface area contributed by atoms with E-state index >= 15 is 0 Å². The van der Waals surface area contributed by atoms with Gasteiger partial charge in [0.25, 0.3) is 11.6 Å². The van der Waals surface area contributed by atoms with E-state index in [1.807, 2.05) is 29.2 Å². The van der Waals surface area contributed by atoms with Gasteiger partial charge in [-0.2, -0.15) is 4.98 Å². The van der Waals surface area contributed by atoms with Crippen LogP contribution in [0.5, 0.6) is 0 Å². The Balaban J connectivity index is 1.24. The second-order valence-corrected chi connectivity index (χ2v) is 11.7. The zero-order chi connectivity index (χ0) is 30.3. The summed E-state index contributed by atoms with van der Waals surface area (Å²) in [6, 6.07) is 20.5. The molecule has 0 unspecified atom stereocenters. The highest BCUT2D eigenvalue weighted by Gasteiger charge is 2.26. The van der Waals surface area contributed by atoms with Crippen molar-refractivity contribution in [2.24, 2.45) is 0 Å². The Morgan fingerprint density at radius 1 is 0.886 bits per heavy atom. The lowest BCUT2D eigenvalue weighted by atomic mass is 10.0. The average molecular weight is 589 g/mol. The highest BCUT2D eigenvalue weighted by Crippen LogP contribution is 2.34. The Morgan fingerprint density at radius 3 is 2.48 bits per heavy atom. The van der Waals surface area contributed by atoms with E-state index in [0.29, 0.717) is 43.3 Å². The van der Waals surface area contributed by atoms with Gasteiger partial charge in [-0.05, 0) is 61.6 Å². The van der Waals surface area contributed by atoms with Crippen molar-refractivity contribution in [3.05, 3.63) is 101 Å². The van der Waals surface area contributed by atoms with Gasteiger partial charge >= 0.3 is 0 Å². The van der Waals surface area contributed by atoms with Crippen molar-refractivity contribution in [1.82, 2.24) is 25.0 Å². The van der Waals surface area contributed by atoms with Gasteiger partial charge < -0.3 is 14.3 Å². The fraction of sp³-hybridized carbons (Fsp3) is 0.361. The van der Waals surface area contributed by atoms with Crippen molar-refractivity contribution in [2.75, 3.05) is 31.1 Å². The van der Waals surface area contributed by atoms with Crippen molar-refractivity contribution < 1.29 is 9.32 Å². The zero-order valence-electron chi connectivity index (χ0n) is 25.7. The summed E-state index contributed by atoms with van der Waals surface area (Å²) in [4.78, 5) is 32.0. The summed E-state index contributed by atoms with van der Waals surface area (Å²) in [5.41, 5.74) is 6.38. The third-order valence-corrected chi connectivity index (χ3v) is 8.38. The van der Waals surface area contributed by atoms with Gasteiger partial charge in [-0.1, -0.05) is 73.3 Å². The lowest BCUT2D eigenvalue weighted by Crippen LogP contribution is -2.35. The lowest BCUT2D eigenvalue weighted by molar-refractivity contribution is 0.0767. The number of nitrogens with zero attached hydrogens (tertiary/aromatic N) is 6. The van der Waals surface area contributed by atoms with E-state index in [1.165, 1.54) is 36.8 Å². The quantitative estimate of drug-likeness (QED) is 0.162. The Morgan fingerprint density at radius 2 is 1.70 bits per heavy atom. The number of aromatic nitrogens is 4. The molecule has 8 nitrogen and oxygen atoms in total. The molecule has 0 saturated carbocycles. The number of carbonyl (C=O) groups is 1. The van der Waals surface area contributed by atoms with Crippen molar-refractivity contribution >= 4 is 22.8 Å². The van der Waals surface area contributed by atoms with E-state index in [-0.39, 0.29) is 5.91 Å². The fourth-order valence-corrected chi connectivity index (χ4v) is 5.86. The number of unbranched alkanes of at least 4 members (excludes halogenated alkanes) is 3. The maximum absolute atomic E-state index is 13.5. The molecule has 0 atom stereocenters. The predicted octanol–water partition coefficient (Wildman–Crippen LogP) is 7.05. The monoisotopic (exact) mass is 588 g/mol. The first-order valence-electron chi connectivity index (χ1n) is 15.8. The van der Waals surface area contributed by atoms with Crippen LogP contribution in [0.1, 0.15) is 71.9 Å². The molecule has 2 aromatic carbocycles. The maximum Gasteiger partial charge on any atom is 0.263 e. The Labute approximate surface area is 259 Å². The van der Waals surface area contributed by atoms with Gasteiger partial charge in [-0.25, -0.2) is 4.98 Å². The largest absolute Gasteiger partial charge is 0.354 e. The number of hydrogen-bond acceptors (Lipinski definition) is 7. The molecular formula is C36H40N6O2. The number of amides is 1. The molecule has 0 N–H and O–H groups in total. The van der Waals surface area contributed by atoms with E-state index in [1.54, 1.807) is 12.4 Å². The second-order valence-electron chi connectivity index (χ2n) is 11.7. The number of aryl methyl sites for hydroxylation is 2. The SMILES string of the molecule is CCCCCCc1ccc(C(=O)N2CCCN(c3nc(Cc4ccc(C)cc4)nc4onc(-c5cccnc5)c34)CC2)cc1. The van der Waals surface area contributed by atoms with Gasteiger partial charge in [-0.3, -0.25) is 9.78 Å². The van der Waals surface area contributed by atoms with Crippen LogP contribution < -0.4 is 4.90 Å². The number of benzene rings is 2.